The fourth-order valence-electron chi connectivity index (χ4n) is 2.81. The molecule has 2 atom stereocenters. The summed E-state index contributed by atoms with van der Waals surface area (Å²) in [6, 6.07) is 8.18. The molecule has 2 N–H and O–H groups in total. The van der Waals surface area contributed by atoms with E-state index in [2.05, 4.69) is 24.0 Å². The maximum absolute atomic E-state index is 6.01. The lowest BCUT2D eigenvalue weighted by Crippen LogP contribution is -2.21. The van der Waals surface area contributed by atoms with Crippen molar-refractivity contribution in [3.8, 4) is 0 Å². The van der Waals surface area contributed by atoms with Crippen LogP contribution in [-0.4, -0.2) is 24.5 Å². The third-order valence-electron chi connectivity index (χ3n) is 3.80. The van der Waals surface area contributed by atoms with Crippen LogP contribution in [0.1, 0.15) is 25.3 Å². The van der Waals surface area contributed by atoms with E-state index in [9.17, 15) is 0 Å². The van der Waals surface area contributed by atoms with E-state index in [-0.39, 0.29) is 0 Å². The first-order valence-corrected chi connectivity index (χ1v) is 7.22. The van der Waals surface area contributed by atoms with Crippen molar-refractivity contribution in [2.45, 2.75) is 26.3 Å². The summed E-state index contributed by atoms with van der Waals surface area (Å²) in [5.74, 6) is 1.48. The van der Waals surface area contributed by atoms with Crippen molar-refractivity contribution in [2.75, 3.05) is 19.6 Å². The van der Waals surface area contributed by atoms with Crippen molar-refractivity contribution in [1.82, 2.24) is 4.90 Å². The van der Waals surface area contributed by atoms with Crippen LogP contribution in [-0.2, 0) is 6.54 Å². The van der Waals surface area contributed by atoms with Crippen LogP contribution in [0.3, 0.4) is 0 Å². The quantitative estimate of drug-likeness (QED) is 0.887. The molecule has 1 heterocycles. The molecule has 0 radical (unpaired) electrons. The minimum atomic E-state index is 0.654. The van der Waals surface area contributed by atoms with Crippen molar-refractivity contribution in [3.05, 3.63) is 34.9 Å². The summed E-state index contributed by atoms with van der Waals surface area (Å²) in [5, 5.41) is 0.833. The number of halogens is 1. The first kappa shape index (κ1) is 13.9. The Hall–Kier alpha value is -0.570. The molecule has 2 rings (SSSR count). The van der Waals surface area contributed by atoms with Crippen LogP contribution in [0.4, 0.5) is 0 Å². The van der Waals surface area contributed by atoms with E-state index in [0.29, 0.717) is 5.92 Å². The molecule has 0 aromatic heterocycles. The molecular formula is C15H23ClN2. The molecule has 0 bridgehead atoms. The Labute approximate surface area is 115 Å². The zero-order chi connectivity index (χ0) is 13.0. The van der Waals surface area contributed by atoms with E-state index in [4.69, 9.17) is 17.3 Å². The van der Waals surface area contributed by atoms with Gasteiger partial charge < -0.3 is 5.73 Å². The molecule has 0 amide bonds. The highest BCUT2D eigenvalue weighted by molar-refractivity contribution is 6.30. The van der Waals surface area contributed by atoms with Gasteiger partial charge >= 0.3 is 0 Å². The molecule has 3 heteroatoms. The molecule has 100 valence electrons. The van der Waals surface area contributed by atoms with Gasteiger partial charge in [0.2, 0.25) is 0 Å². The highest BCUT2D eigenvalue weighted by Gasteiger charge is 2.23. The topological polar surface area (TPSA) is 29.3 Å². The highest BCUT2D eigenvalue weighted by Crippen LogP contribution is 2.24. The van der Waals surface area contributed by atoms with Gasteiger partial charge in [0.05, 0.1) is 0 Å². The monoisotopic (exact) mass is 266 g/mol. The maximum atomic E-state index is 6.01. The lowest BCUT2D eigenvalue weighted by Gasteiger charge is -2.17. The maximum Gasteiger partial charge on any atom is 0.0409 e. The zero-order valence-electron chi connectivity index (χ0n) is 11.1. The SMILES string of the molecule is CC(CN)CC1CCN(Cc2cccc(Cl)c2)C1. The van der Waals surface area contributed by atoms with Gasteiger partial charge in [-0.15, -0.1) is 0 Å². The van der Waals surface area contributed by atoms with Crippen LogP contribution in [0.15, 0.2) is 24.3 Å². The summed E-state index contributed by atoms with van der Waals surface area (Å²) in [6.45, 7) is 6.49. The molecule has 18 heavy (non-hydrogen) atoms. The van der Waals surface area contributed by atoms with Gasteiger partial charge in [-0.3, -0.25) is 4.90 Å². The molecule has 1 saturated heterocycles. The second kappa shape index (κ2) is 6.55. The Morgan fingerprint density at radius 3 is 3.06 bits per heavy atom. The van der Waals surface area contributed by atoms with Crippen molar-refractivity contribution in [1.29, 1.82) is 0 Å². The normalized spacial score (nSPS) is 22.3. The molecule has 1 aromatic rings. The highest BCUT2D eigenvalue weighted by atomic mass is 35.5. The minimum absolute atomic E-state index is 0.654. The van der Waals surface area contributed by atoms with Crippen molar-refractivity contribution in [3.63, 3.8) is 0 Å². The van der Waals surface area contributed by atoms with Gasteiger partial charge in [0, 0.05) is 18.1 Å². The number of rotatable bonds is 5. The Morgan fingerprint density at radius 1 is 1.50 bits per heavy atom. The average Bonchev–Trinajstić information content (AvgIpc) is 2.76. The van der Waals surface area contributed by atoms with Crippen molar-refractivity contribution < 1.29 is 0 Å². The van der Waals surface area contributed by atoms with Gasteiger partial charge in [-0.2, -0.15) is 0 Å². The zero-order valence-corrected chi connectivity index (χ0v) is 11.9. The van der Waals surface area contributed by atoms with Gasteiger partial charge in [-0.1, -0.05) is 30.7 Å². The average molecular weight is 267 g/mol. The Bertz CT molecular complexity index is 381. The first-order valence-electron chi connectivity index (χ1n) is 6.84. The first-order chi connectivity index (χ1) is 8.67. The van der Waals surface area contributed by atoms with E-state index < -0.39 is 0 Å². The number of nitrogens with zero attached hydrogens (tertiary/aromatic N) is 1. The third kappa shape index (κ3) is 3.98. The second-order valence-corrected chi connectivity index (χ2v) is 6.03. The van der Waals surface area contributed by atoms with Crippen LogP contribution >= 0.6 is 11.6 Å². The molecule has 0 saturated carbocycles. The predicted molar refractivity (Wildman–Crippen MR) is 77.7 cm³/mol. The molecule has 1 aromatic carbocycles. The van der Waals surface area contributed by atoms with E-state index in [1.54, 1.807) is 0 Å². The van der Waals surface area contributed by atoms with Gasteiger partial charge in [-0.05, 0) is 55.5 Å². The Morgan fingerprint density at radius 2 is 2.33 bits per heavy atom. The van der Waals surface area contributed by atoms with Gasteiger partial charge in [0.1, 0.15) is 0 Å². The fraction of sp³-hybridized carbons (Fsp3) is 0.600. The summed E-state index contributed by atoms with van der Waals surface area (Å²) in [5.41, 5.74) is 7.01. The molecule has 0 aliphatic carbocycles. The molecule has 1 aliphatic rings. The third-order valence-corrected chi connectivity index (χ3v) is 4.04. The largest absolute Gasteiger partial charge is 0.330 e. The predicted octanol–water partition coefficient (Wildman–Crippen LogP) is 3.15. The van der Waals surface area contributed by atoms with Gasteiger partial charge in [-0.25, -0.2) is 0 Å². The number of likely N-dealkylation sites (tertiary alicyclic amines) is 1. The summed E-state index contributed by atoms with van der Waals surface area (Å²) >= 11 is 6.01. The minimum Gasteiger partial charge on any atom is -0.330 e. The number of hydrogen-bond donors (Lipinski definition) is 1. The van der Waals surface area contributed by atoms with Crippen LogP contribution in [0.25, 0.3) is 0 Å². The summed E-state index contributed by atoms with van der Waals surface area (Å²) in [7, 11) is 0. The van der Waals surface area contributed by atoms with Crippen molar-refractivity contribution >= 4 is 11.6 Å². The standard InChI is InChI=1S/C15H23ClN2/c1-12(9-17)7-14-5-6-18(11-14)10-13-3-2-4-15(16)8-13/h2-4,8,12,14H,5-7,9-11,17H2,1H3. The van der Waals surface area contributed by atoms with Gasteiger partial charge in [0.15, 0.2) is 0 Å². The molecule has 1 fully saturated rings. The fourth-order valence-corrected chi connectivity index (χ4v) is 3.02. The molecular weight excluding hydrogens is 244 g/mol. The van der Waals surface area contributed by atoms with Crippen LogP contribution in [0.2, 0.25) is 5.02 Å². The van der Waals surface area contributed by atoms with E-state index >= 15 is 0 Å². The lowest BCUT2D eigenvalue weighted by atomic mass is 9.95. The van der Waals surface area contributed by atoms with E-state index in [1.807, 2.05) is 12.1 Å². The number of nitrogens with two attached hydrogens (primary N) is 1. The summed E-state index contributed by atoms with van der Waals surface area (Å²) in [6.07, 6.45) is 2.58. The summed E-state index contributed by atoms with van der Waals surface area (Å²) in [4.78, 5) is 2.53. The molecule has 2 nitrogen and oxygen atoms in total. The molecule has 2 unspecified atom stereocenters. The van der Waals surface area contributed by atoms with E-state index in [1.165, 1.54) is 31.5 Å². The lowest BCUT2D eigenvalue weighted by molar-refractivity contribution is 0.303. The second-order valence-electron chi connectivity index (χ2n) is 5.60. The Kier molecular flexibility index (Phi) is 5.04. The van der Waals surface area contributed by atoms with Crippen molar-refractivity contribution in [2.24, 2.45) is 17.6 Å². The molecule has 1 aliphatic heterocycles. The number of hydrogen-bond acceptors (Lipinski definition) is 2. The number of benzene rings is 1. The van der Waals surface area contributed by atoms with Crippen LogP contribution < -0.4 is 5.73 Å². The Balaban J connectivity index is 1.82. The smallest absolute Gasteiger partial charge is 0.0409 e. The van der Waals surface area contributed by atoms with Crippen LogP contribution in [0, 0.1) is 11.8 Å². The van der Waals surface area contributed by atoms with Gasteiger partial charge in [0.25, 0.3) is 0 Å². The van der Waals surface area contributed by atoms with Crippen LogP contribution in [0.5, 0.6) is 0 Å². The molecule has 0 spiro atoms. The summed E-state index contributed by atoms with van der Waals surface area (Å²) < 4.78 is 0. The van der Waals surface area contributed by atoms with E-state index in [0.717, 1.165) is 24.0 Å².